The Balaban J connectivity index is 2.35. The second-order valence-corrected chi connectivity index (χ2v) is 4.49. The zero-order chi connectivity index (χ0) is 10.8. The SMILES string of the molecule is CC(C)[C@H]1CC(=O)C=C1c1ccccc1. The van der Waals surface area contributed by atoms with Crippen LogP contribution >= 0.6 is 0 Å². The fourth-order valence-electron chi connectivity index (χ4n) is 2.19. The van der Waals surface area contributed by atoms with Gasteiger partial charge in [-0.05, 0) is 29.0 Å². The maximum Gasteiger partial charge on any atom is 0.156 e. The van der Waals surface area contributed by atoms with Crippen LogP contribution in [-0.4, -0.2) is 5.78 Å². The molecule has 0 unspecified atom stereocenters. The second-order valence-electron chi connectivity index (χ2n) is 4.49. The molecule has 0 N–H and O–H groups in total. The van der Waals surface area contributed by atoms with Gasteiger partial charge in [0.2, 0.25) is 0 Å². The third-order valence-corrected chi connectivity index (χ3v) is 3.05. The highest BCUT2D eigenvalue weighted by Gasteiger charge is 2.27. The molecule has 1 nitrogen and oxygen atoms in total. The first-order chi connectivity index (χ1) is 7.18. The summed E-state index contributed by atoms with van der Waals surface area (Å²) in [5, 5.41) is 0. The molecule has 1 aliphatic rings. The van der Waals surface area contributed by atoms with Crippen LogP contribution in [0.25, 0.3) is 5.57 Å². The molecule has 78 valence electrons. The number of carbonyl (C=O) groups is 1. The summed E-state index contributed by atoms with van der Waals surface area (Å²) in [6.07, 6.45) is 2.50. The van der Waals surface area contributed by atoms with Crippen LogP contribution < -0.4 is 0 Å². The van der Waals surface area contributed by atoms with E-state index in [4.69, 9.17) is 0 Å². The molecule has 0 radical (unpaired) electrons. The molecule has 0 aromatic heterocycles. The van der Waals surface area contributed by atoms with Gasteiger partial charge in [0.25, 0.3) is 0 Å². The molecule has 0 heterocycles. The van der Waals surface area contributed by atoms with Crippen LogP contribution in [0.5, 0.6) is 0 Å². The summed E-state index contributed by atoms with van der Waals surface area (Å²) < 4.78 is 0. The summed E-state index contributed by atoms with van der Waals surface area (Å²) in [4.78, 5) is 11.5. The fraction of sp³-hybridized carbons (Fsp3) is 0.357. The van der Waals surface area contributed by atoms with E-state index in [0.717, 1.165) is 0 Å². The highest BCUT2D eigenvalue weighted by molar-refractivity contribution is 6.02. The first kappa shape index (κ1) is 10.2. The lowest BCUT2D eigenvalue weighted by Crippen LogP contribution is -2.08. The zero-order valence-corrected chi connectivity index (χ0v) is 9.23. The van der Waals surface area contributed by atoms with Crippen LogP contribution in [0.1, 0.15) is 25.8 Å². The average Bonchev–Trinajstić information content (AvgIpc) is 2.62. The minimum atomic E-state index is 0.271. The molecule has 0 fully saturated rings. The number of benzene rings is 1. The number of hydrogen-bond donors (Lipinski definition) is 0. The van der Waals surface area contributed by atoms with Crippen molar-refractivity contribution >= 4 is 11.4 Å². The Hall–Kier alpha value is -1.37. The Morgan fingerprint density at radius 3 is 2.47 bits per heavy atom. The van der Waals surface area contributed by atoms with E-state index >= 15 is 0 Å². The van der Waals surface area contributed by atoms with Gasteiger partial charge in [-0.25, -0.2) is 0 Å². The Kier molecular flexibility index (Phi) is 2.72. The summed E-state index contributed by atoms with van der Waals surface area (Å²) in [6.45, 7) is 4.36. The summed E-state index contributed by atoms with van der Waals surface area (Å²) in [5.74, 6) is 1.20. The third-order valence-electron chi connectivity index (χ3n) is 3.05. The molecule has 0 saturated heterocycles. The molecule has 1 atom stereocenters. The lowest BCUT2D eigenvalue weighted by atomic mass is 9.86. The quantitative estimate of drug-likeness (QED) is 0.715. The summed E-state index contributed by atoms with van der Waals surface area (Å²) >= 11 is 0. The van der Waals surface area contributed by atoms with Crippen LogP contribution in [0.4, 0.5) is 0 Å². The van der Waals surface area contributed by atoms with E-state index in [0.29, 0.717) is 18.3 Å². The summed E-state index contributed by atoms with van der Waals surface area (Å²) in [7, 11) is 0. The number of carbonyl (C=O) groups excluding carboxylic acids is 1. The Labute approximate surface area is 90.8 Å². The van der Waals surface area contributed by atoms with Crippen LogP contribution in [0, 0.1) is 11.8 Å². The van der Waals surface area contributed by atoms with Gasteiger partial charge in [-0.3, -0.25) is 4.79 Å². The van der Waals surface area contributed by atoms with E-state index in [9.17, 15) is 4.79 Å². The van der Waals surface area contributed by atoms with Gasteiger partial charge in [0.15, 0.2) is 5.78 Å². The summed E-state index contributed by atoms with van der Waals surface area (Å²) in [6, 6.07) is 10.2. The van der Waals surface area contributed by atoms with Gasteiger partial charge < -0.3 is 0 Å². The van der Waals surface area contributed by atoms with E-state index in [1.807, 2.05) is 24.3 Å². The third kappa shape index (κ3) is 2.01. The second kappa shape index (κ2) is 4.01. The lowest BCUT2D eigenvalue weighted by Gasteiger charge is -2.18. The first-order valence-corrected chi connectivity index (χ1v) is 5.48. The van der Waals surface area contributed by atoms with E-state index < -0.39 is 0 Å². The van der Waals surface area contributed by atoms with Crippen molar-refractivity contribution in [2.24, 2.45) is 11.8 Å². The van der Waals surface area contributed by atoms with Crippen molar-refractivity contribution in [3.05, 3.63) is 42.0 Å². The van der Waals surface area contributed by atoms with E-state index in [1.165, 1.54) is 11.1 Å². The standard InChI is InChI=1S/C14H16O/c1-10(2)13-8-12(15)9-14(13)11-6-4-3-5-7-11/h3-7,9-10,13H,8H2,1-2H3/t13-/m1/s1. The van der Waals surface area contributed by atoms with Crippen molar-refractivity contribution in [1.29, 1.82) is 0 Å². The molecule has 0 spiro atoms. The lowest BCUT2D eigenvalue weighted by molar-refractivity contribution is -0.114. The molecular formula is C14H16O. The summed E-state index contributed by atoms with van der Waals surface area (Å²) in [5.41, 5.74) is 2.41. The van der Waals surface area contributed by atoms with Crippen LogP contribution in [0.2, 0.25) is 0 Å². The van der Waals surface area contributed by atoms with Gasteiger partial charge in [-0.1, -0.05) is 44.2 Å². The largest absolute Gasteiger partial charge is 0.295 e. The van der Waals surface area contributed by atoms with Gasteiger partial charge in [-0.15, -0.1) is 0 Å². The van der Waals surface area contributed by atoms with Crippen LogP contribution in [0.3, 0.4) is 0 Å². The van der Waals surface area contributed by atoms with Crippen molar-refractivity contribution in [3.8, 4) is 0 Å². The molecule has 2 rings (SSSR count). The van der Waals surface area contributed by atoms with Gasteiger partial charge in [0, 0.05) is 6.42 Å². The molecule has 0 aliphatic heterocycles. The van der Waals surface area contributed by atoms with Crippen molar-refractivity contribution in [3.63, 3.8) is 0 Å². The number of rotatable bonds is 2. The maximum absolute atomic E-state index is 11.5. The molecule has 1 aromatic carbocycles. The monoisotopic (exact) mass is 200 g/mol. The van der Waals surface area contributed by atoms with Gasteiger partial charge in [0.1, 0.15) is 0 Å². The smallest absolute Gasteiger partial charge is 0.156 e. The highest BCUT2D eigenvalue weighted by Crippen LogP contribution is 2.36. The Morgan fingerprint density at radius 2 is 1.87 bits per heavy atom. The first-order valence-electron chi connectivity index (χ1n) is 5.48. The van der Waals surface area contributed by atoms with Gasteiger partial charge in [-0.2, -0.15) is 0 Å². The maximum atomic E-state index is 11.5. The van der Waals surface area contributed by atoms with Crippen LogP contribution in [0.15, 0.2) is 36.4 Å². The zero-order valence-electron chi connectivity index (χ0n) is 9.23. The van der Waals surface area contributed by atoms with Crippen molar-refractivity contribution in [1.82, 2.24) is 0 Å². The molecule has 0 saturated carbocycles. The van der Waals surface area contributed by atoms with Gasteiger partial charge in [0.05, 0.1) is 0 Å². The van der Waals surface area contributed by atoms with Crippen LogP contribution in [-0.2, 0) is 4.79 Å². The van der Waals surface area contributed by atoms with Crippen molar-refractivity contribution in [2.45, 2.75) is 20.3 Å². The molecule has 0 amide bonds. The predicted octanol–water partition coefficient (Wildman–Crippen LogP) is 3.32. The minimum absolute atomic E-state index is 0.271. The van der Waals surface area contributed by atoms with E-state index in [2.05, 4.69) is 26.0 Å². The number of allylic oxidation sites excluding steroid dienone is 2. The minimum Gasteiger partial charge on any atom is -0.295 e. The highest BCUT2D eigenvalue weighted by atomic mass is 16.1. The Morgan fingerprint density at radius 1 is 1.20 bits per heavy atom. The number of hydrogen-bond acceptors (Lipinski definition) is 1. The molecule has 1 aliphatic carbocycles. The molecule has 1 heteroatoms. The molecule has 0 bridgehead atoms. The normalized spacial score (nSPS) is 20.9. The molecule has 15 heavy (non-hydrogen) atoms. The van der Waals surface area contributed by atoms with E-state index in [-0.39, 0.29) is 5.78 Å². The fourth-order valence-corrected chi connectivity index (χ4v) is 2.19. The number of ketones is 1. The van der Waals surface area contributed by atoms with E-state index in [1.54, 1.807) is 0 Å². The van der Waals surface area contributed by atoms with Crippen molar-refractivity contribution in [2.75, 3.05) is 0 Å². The topological polar surface area (TPSA) is 17.1 Å². The predicted molar refractivity (Wildman–Crippen MR) is 62.4 cm³/mol. The Bertz CT molecular complexity index is 387. The van der Waals surface area contributed by atoms with Crippen molar-refractivity contribution < 1.29 is 4.79 Å². The average molecular weight is 200 g/mol. The van der Waals surface area contributed by atoms with Gasteiger partial charge >= 0.3 is 0 Å². The molecular weight excluding hydrogens is 184 g/mol. The molecule has 1 aromatic rings.